The van der Waals surface area contributed by atoms with Gasteiger partial charge < -0.3 is 5.73 Å². The normalized spacial score (nSPS) is 11.3. The zero-order chi connectivity index (χ0) is 14.9. The van der Waals surface area contributed by atoms with Crippen LogP contribution in [-0.4, -0.2) is 15.5 Å². The molecule has 0 amide bonds. The quantitative estimate of drug-likeness (QED) is 0.857. The second-order valence-electron chi connectivity index (χ2n) is 4.14. The molecule has 4 nitrogen and oxygen atoms in total. The van der Waals surface area contributed by atoms with Crippen molar-refractivity contribution in [2.24, 2.45) is 0 Å². The third-order valence-corrected chi connectivity index (χ3v) is 5.08. The zero-order valence-electron chi connectivity index (χ0n) is 10.5. The molecule has 0 spiro atoms. The number of hydrogen-bond acceptors (Lipinski definition) is 3. The van der Waals surface area contributed by atoms with Crippen molar-refractivity contribution >= 4 is 37.3 Å². The van der Waals surface area contributed by atoms with Crippen molar-refractivity contribution < 1.29 is 12.8 Å². The molecule has 0 bridgehead atoms. The van der Waals surface area contributed by atoms with Gasteiger partial charge in [0.25, 0.3) is 10.0 Å². The summed E-state index contributed by atoms with van der Waals surface area (Å²) in [4.78, 5) is -0.384. The van der Waals surface area contributed by atoms with E-state index in [0.717, 1.165) is 10.4 Å². The molecule has 0 atom stereocenters. The van der Waals surface area contributed by atoms with Crippen LogP contribution in [0, 0.1) is 5.82 Å². The Bertz CT molecular complexity index is 750. The van der Waals surface area contributed by atoms with Crippen molar-refractivity contribution in [1.29, 1.82) is 0 Å². The molecule has 0 saturated carbocycles. The van der Waals surface area contributed by atoms with Crippen molar-refractivity contribution in [3.8, 4) is 0 Å². The van der Waals surface area contributed by atoms with E-state index in [0.29, 0.717) is 15.8 Å². The van der Waals surface area contributed by atoms with Crippen LogP contribution in [0.5, 0.6) is 0 Å². The zero-order valence-corrected chi connectivity index (χ0v) is 12.9. The summed E-state index contributed by atoms with van der Waals surface area (Å²) >= 11 is 3.09. The van der Waals surface area contributed by atoms with Crippen molar-refractivity contribution in [1.82, 2.24) is 0 Å². The first-order valence-corrected chi connectivity index (χ1v) is 7.85. The average molecular weight is 359 g/mol. The lowest BCUT2D eigenvalue weighted by Crippen LogP contribution is -2.27. The van der Waals surface area contributed by atoms with E-state index in [2.05, 4.69) is 15.9 Å². The van der Waals surface area contributed by atoms with Gasteiger partial charge in [0, 0.05) is 17.2 Å². The molecule has 2 aromatic carbocycles. The first-order valence-electron chi connectivity index (χ1n) is 5.62. The summed E-state index contributed by atoms with van der Waals surface area (Å²) in [6, 6.07) is 10.2. The molecular formula is C13H12BrFN2O2S. The average Bonchev–Trinajstić information content (AvgIpc) is 2.37. The van der Waals surface area contributed by atoms with Crippen LogP contribution in [0.4, 0.5) is 15.8 Å². The number of nitrogen functional groups attached to an aromatic ring is 1. The lowest BCUT2D eigenvalue weighted by atomic mass is 10.3. The van der Waals surface area contributed by atoms with Crippen LogP contribution in [0.3, 0.4) is 0 Å². The third-order valence-electron chi connectivity index (χ3n) is 2.77. The highest BCUT2D eigenvalue weighted by Gasteiger charge is 2.25. The maximum atomic E-state index is 13.8. The Labute approximate surface area is 125 Å². The lowest BCUT2D eigenvalue weighted by Gasteiger charge is -2.20. The molecule has 0 unspecified atom stereocenters. The van der Waals surface area contributed by atoms with Crippen LogP contribution in [0.2, 0.25) is 0 Å². The molecular weight excluding hydrogens is 347 g/mol. The Kier molecular flexibility index (Phi) is 4.01. The summed E-state index contributed by atoms with van der Waals surface area (Å²) in [5.41, 5.74) is 6.43. The van der Waals surface area contributed by atoms with E-state index in [1.165, 1.54) is 25.2 Å². The fraction of sp³-hybridized carbons (Fsp3) is 0.0769. The minimum absolute atomic E-state index is 0.368. The van der Waals surface area contributed by atoms with Gasteiger partial charge in [-0.3, -0.25) is 4.31 Å². The van der Waals surface area contributed by atoms with E-state index in [4.69, 9.17) is 5.73 Å². The Hall–Kier alpha value is -1.60. The number of hydrogen-bond donors (Lipinski definition) is 1. The summed E-state index contributed by atoms with van der Waals surface area (Å²) in [6.07, 6.45) is 0. The highest BCUT2D eigenvalue weighted by atomic mass is 79.9. The molecule has 0 saturated heterocycles. The summed E-state index contributed by atoms with van der Waals surface area (Å²) < 4.78 is 40.1. The van der Waals surface area contributed by atoms with Crippen LogP contribution < -0.4 is 10.0 Å². The predicted octanol–water partition coefficient (Wildman–Crippen LogP) is 3.00. The van der Waals surface area contributed by atoms with Crippen LogP contribution in [0.25, 0.3) is 0 Å². The molecule has 106 valence electrons. The molecule has 0 aliphatic rings. The second-order valence-corrected chi connectivity index (χ2v) is 7.00. The van der Waals surface area contributed by atoms with Crippen LogP contribution in [0.15, 0.2) is 51.8 Å². The number of benzene rings is 2. The Balaban J connectivity index is 2.49. The lowest BCUT2D eigenvalue weighted by molar-refractivity contribution is 0.565. The maximum absolute atomic E-state index is 13.8. The van der Waals surface area contributed by atoms with Crippen LogP contribution >= 0.6 is 15.9 Å². The molecule has 0 heterocycles. The summed E-state index contributed by atoms with van der Waals surface area (Å²) in [5.74, 6) is -0.810. The second kappa shape index (κ2) is 5.41. The molecule has 0 aliphatic heterocycles. The molecule has 20 heavy (non-hydrogen) atoms. The van der Waals surface area contributed by atoms with Crippen LogP contribution in [-0.2, 0) is 10.0 Å². The van der Waals surface area contributed by atoms with Gasteiger partial charge in [-0.25, -0.2) is 12.8 Å². The molecule has 0 aliphatic carbocycles. The fourth-order valence-electron chi connectivity index (χ4n) is 1.69. The van der Waals surface area contributed by atoms with E-state index < -0.39 is 15.8 Å². The van der Waals surface area contributed by atoms with Crippen molar-refractivity contribution in [3.63, 3.8) is 0 Å². The summed E-state index contributed by atoms with van der Waals surface area (Å²) in [7, 11) is -2.62. The number of nitrogens with two attached hydrogens (primary N) is 1. The molecule has 0 aromatic heterocycles. The first-order chi connectivity index (χ1) is 9.32. The number of anilines is 2. The summed E-state index contributed by atoms with van der Waals surface area (Å²) in [6.45, 7) is 0. The molecule has 2 rings (SSSR count). The van der Waals surface area contributed by atoms with Gasteiger partial charge in [0.2, 0.25) is 0 Å². The molecule has 0 radical (unpaired) electrons. The monoisotopic (exact) mass is 358 g/mol. The smallest absolute Gasteiger partial charge is 0.266 e. The van der Waals surface area contributed by atoms with Gasteiger partial charge in [-0.2, -0.15) is 0 Å². The van der Waals surface area contributed by atoms with Crippen molar-refractivity contribution in [3.05, 3.63) is 52.8 Å². The minimum Gasteiger partial charge on any atom is -0.399 e. The largest absolute Gasteiger partial charge is 0.399 e. The SMILES string of the molecule is CN(c1cccc(N)c1)S(=O)(=O)c1ccc(Br)cc1F. The standard InChI is InChI=1S/C13H12BrFN2O2S/c1-17(11-4-2-3-10(16)8-11)20(18,19)13-6-5-9(14)7-12(13)15/h2-8H,16H2,1H3. The molecule has 7 heteroatoms. The topological polar surface area (TPSA) is 63.4 Å². The highest BCUT2D eigenvalue weighted by molar-refractivity contribution is 9.10. The van der Waals surface area contributed by atoms with Crippen LogP contribution in [0.1, 0.15) is 0 Å². The molecule has 2 N–H and O–H groups in total. The van der Waals surface area contributed by atoms with E-state index in [1.54, 1.807) is 18.2 Å². The number of nitrogens with zero attached hydrogens (tertiary/aromatic N) is 1. The molecule has 2 aromatic rings. The Morgan fingerprint density at radius 1 is 1.20 bits per heavy atom. The van der Waals surface area contributed by atoms with Gasteiger partial charge in [-0.1, -0.05) is 22.0 Å². The molecule has 0 fully saturated rings. The number of rotatable bonds is 3. The highest BCUT2D eigenvalue weighted by Crippen LogP contribution is 2.26. The third kappa shape index (κ3) is 2.78. The van der Waals surface area contributed by atoms with E-state index in [-0.39, 0.29) is 4.90 Å². The summed E-state index contributed by atoms with van der Waals surface area (Å²) in [5, 5.41) is 0. The van der Waals surface area contributed by atoms with Crippen molar-refractivity contribution in [2.45, 2.75) is 4.90 Å². The van der Waals surface area contributed by atoms with E-state index >= 15 is 0 Å². The number of halogens is 2. The fourth-order valence-corrected chi connectivity index (χ4v) is 3.26. The Morgan fingerprint density at radius 2 is 1.90 bits per heavy atom. The van der Waals surface area contributed by atoms with E-state index in [9.17, 15) is 12.8 Å². The van der Waals surface area contributed by atoms with E-state index in [1.807, 2.05) is 0 Å². The predicted molar refractivity (Wildman–Crippen MR) is 80.5 cm³/mol. The number of sulfonamides is 1. The maximum Gasteiger partial charge on any atom is 0.266 e. The minimum atomic E-state index is -3.97. The van der Waals surface area contributed by atoms with Gasteiger partial charge in [-0.05, 0) is 36.4 Å². The van der Waals surface area contributed by atoms with Gasteiger partial charge >= 0.3 is 0 Å². The van der Waals surface area contributed by atoms with Gasteiger partial charge in [0.05, 0.1) is 5.69 Å². The Morgan fingerprint density at radius 3 is 2.50 bits per heavy atom. The van der Waals surface area contributed by atoms with Gasteiger partial charge in [0.1, 0.15) is 10.7 Å². The first kappa shape index (κ1) is 14.8. The van der Waals surface area contributed by atoms with Gasteiger partial charge in [-0.15, -0.1) is 0 Å². The van der Waals surface area contributed by atoms with Gasteiger partial charge in [0.15, 0.2) is 0 Å². The van der Waals surface area contributed by atoms with Crippen molar-refractivity contribution in [2.75, 3.05) is 17.1 Å².